The van der Waals surface area contributed by atoms with Crippen LogP contribution in [0.5, 0.6) is 5.88 Å². The minimum Gasteiger partial charge on any atom is -0.466 e. The van der Waals surface area contributed by atoms with Gasteiger partial charge in [0.25, 0.3) is 5.91 Å². The Morgan fingerprint density at radius 1 is 1.25 bits per heavy atom. The van der Waals surface area contributed by atoms with E-state index in [-0.39, 0.29) is 12.5 Å². The second-order valence-electron chi connectivity index (χ2n) is 6.26. The van der Waals surface area contributed by atoms with E-state index < -0.39 is 0 Å². The van der Waals surface area contributed by atoms with Gasteiger partial charge in [-0.25, -0.2) is 14.6 Å². The average Bonchev–Trinajstić information content (AvgIpc) is 2.94. The van der Waals surface area contributed by atoms with E-state index in [9.17, 15) is 4.79 Å². The number of aryl methyl sites for hydroxylation is 3. The lowest BCUT2D eigenvalue weighted by atomic mass is 10.2. The zero-order chi connectivity index (χ0) is 20.3. The predicted octanol–water partition coefficient (Wildman–Crippen LogP) is 2.89. The predicted molar refractivity (Wildman–Crippen MR) is 109 cm³/mol. The van der Waals surface area contributed by atoms with Crippen LogP contribution < -0.4 is 15.4 Å². The summed E-state index contributed by atoms with van der Waals surface area (Å²) in [7, 11) is 1.79. The Kier molecular flexibility index (Phi) is 6.21. The van der Waals surface area contributed by atoms with E-state index in [1.54, 1.807) is 17.8 Å². The number of pyridine rings is 2. The Morgan fingerprint density at radius 2 is 2.04 bits per heavy atom. The van der Waals surface area contributed by atoms with Crippen molar-refractivity contribution in [3.8, 4) is 5.88 Å². The van der Waals surface area contributed by atoms with E-state index in [1.165, 1.54) is 6.20 Å². The molecular weight excluding hydrogens is 403 g/mol. The second-order valence-corrected chi connectivity index (χ2v) is 7.10. The number of fused-ring (bicyclic) bond motifs is 1. The molecule has 0 saturated carbocycles. The Labute approximate surface area is 172 Å². The molecule has 1 amide bonds. The highest BCUT2D eigenvalue weighted by molar-refractivity contribution is 6.35. The molecule has 8 nitrogen and oxygen atoms in total. The lowest BCUT2D eigenvalue weighted by molar-refractivity contribution is -0.123. The third kappa shape index (κ3) is 4.63. The molecule has 0 aromatic carbocycles. The number of nitrogens with zero attached hydrogens (tertiary/aromatic N) is 4. The van der Waals surface area contributed by atoms with Crippen molar-refractivity contribution in [1.29, 1.82) is 0 Å². The maximum absolute atomic E-state index is 12.0. The Bertz CT molecular complexity index is 1020. The van der Waals surface area contributed by atoms with Crippen molar-refractivity contribution in [2.75, 3.05) is 25.0 Å². The molecule has 0 bridgehead atoms. The highest BCUT2D eigenvalue weighted by atomic mass is 35.5. The first-order valence-electron chi connectivity index (χ1n) is 8.60. The number of hydrogen-bond acceptors (Lipinski definition) is 6. The number of hydrogen-bond donors (Lipinski definition) is 2. The molecule has 3 rings (SSSR count). The van der Waals surface area contributed by atoms with Crippen molar-refractivity contribution < 1.29 is 9.53 Å². The van der Waals surface area contributed by atoms with Gasteiger partial charge in [0.1, 0.15) is 5.82 Å². The normalized spacial score (nSPS) is 10.9. The molecule has 148 valence electrons. The van der Waals surface area contributed by atoms with Crippen LogP contribution in [0.25, 0.3) is 11.0 Å². The summed E-state index contributed by atoms with van der Waals surface area (Å²) in [6.07, 6.45) is 1.50. The van der Waals surface area contributed by atoms with Gasteiger partial charge in [0.2, 0.25) is 5.88 Å². The topological polar surface area (TPSA) is 94.0 Å². The van der Waals surface area contributed by atoms with Crippen molar-refractivity contribution >= 4 is 46.0 Å². The van der Waals surface area contributed by atoms with Gasteiger partial charge in [0, 0.05) is 32.0 Å². The van der Waals surface area contributed by atoms with Crippen molar-refractivity contribution in [3.05, 3.63) is 39.6 Å². The van der Waals surface area contributed by atoms with Crippen molar-refractivity contribution in [2.24, 2.45) is 7.05 Å². The van der Waals surface area contributed by atoms with Gasteiger partial charge in [-0.05, 0) is 31.5 Å². The zero-order valence-corrected chi connectivity index (χ0v) is 17.2. The second kappa shape index (κ2) is 8.62. The summed E-state index contributed by atoms with van der Waals surface area (Å²) in [5.74, 6) is 0.649. The smallest absolute Gasteiger partial charge is 0.258 e. The van der Waals surface area contributed by atoms with Crippen LogP contribution in [-0.4, -0.2) is 45.4 Å². The van der Waals surface area contributed by atoms with E-state index >= 15 is 0 Å². The van der Waals surface area contributed by atoms with Gasteiger partial charge in [-0.1, -0.05) is 23.2 Å². The first kappa shape index (κ1) is 20.2. The number of ether oxygens (including phenoxy) is 1. The number of nitrogens with one attached hydrogen (secondary N) is 2. The number of carbonyl (C=O) groups excluding carboxylic acids is 1. The maximum atomic E-state index is 12.0. The molecule has 0 saturated heterocycles. The molecule has 0 spiro atoms. The highest BCUT2D eigenvalue weighted by Gasteiger charge is 2.15. The number of anilines is 1. The monoisotopic (exact) mass is 422 g/mol. The lowest BCUT2D eigenvalue weighted by Crippen LogP contribution is -2.32. The van der Waals surface area contributed by atoms with Gasteiger partial charge >= 0.3 is 0 Å². The Hall–Kier alpha value is -2.58. The Morgan fingerprint density at radius 3 is 2.79 bits per heavy atom. The van der Waals surface area contributed by atoms with Gasteiger partial charge in [-0.15, -0.1) is 5.10 Å². The van der Waals surface area contributed by atoms with Crippen LogP contribution in [0.2, 0.25) is 10.0 Å². The third-order valence-electron chi connectivity index (χ3n) is 3.97. The quantitative estimate of drug-likeness (QED) is 0.568. The van der Waals surface area contributed by atoms with Crippen LogP contribution in [0.1, 0.15) is 11.3 Å². The first-order chi connectivity index (χ1) is 13.3. The molecule has 3 aromatic rings. The zero-order valence-electron chi connectivity index (χ0n) is 15.7. The molecule has 3 heterocycles. The Balaban J connectivity index is 1.50. The number of carbonyl (C=O) groups is 1. The summed E-state index contributed by atoms with van der Waals surface area (Å²) >= 11 is 11.8. The first-order valence-corrected chi connectivity index (χ1v) is 9.36. The van der Waals surface area contributed by atoms with Crippen molar-refractivity contribution in [3.63, 3.8) is 0 Å². The van der Waals surface area contributed by atoms with Crippen LogP contribution >= 0.6 is 23.2 Å². The summed E-state index contributed by atoms with van der Waals surface area (Å²) in [5, 5.41) is 11.8. The molecule has 0 aliphatic carbocycles. The summed E-state index contributed by atoms with van der Waals surface area (Å²) in [6.45, 7) is 4.58. The minimum atomic E-state index is -0.256. The molecule has 0 radical (unpaired) electrons. The molecule has 0 unspecified atom stereocenters. The van der Waals surface area contributed by atoms with Gasteiger partial charge in [-0.2, -0.15) is 0 Å². The third-order valence-corrected chi connectivity index (χ3v) is 4.47. The summed E-state index contributed by atoms with van der Waals surface area (Å²) < 4.78 is 7.27. The van der Waals surface area contributed by atoms with Crippen LogP contribution in [0, 0.1) is 13.8 Å². The van der Waals surface area contributed by atoms with E-state index in [1.807, 2.05) is 19.9 Å². The van der Waals surface area contributed by atoms with Crippen LogP contribution in [-0.2, 0) is 11.8 Å². The van der Waals surface area contributed by atoms with Crippen LogP contribution in [0.4, 0.5) is 5.82 Å². The fourth-order valence-electron chi connectivity index (χ4n) is 2.76. The van der Waals surface area contributed by atoms with E-state index in [4.69, 9.17) is 27.9 Å². The highest BCUT2D eigenvalue weighted by Crippen LogP contribution is 2.27. The fraction of sp³-hybridized carbons (Fsp3) is 0.333. The number of halogens is 2. The van der Waals surface area contributed by atoms with Gasteiger partial charge in [0.05, 0.1) is 15.4 Å². The van der Waals surface area contributed by atoms with Crippen LogP contribution in [0.3, 0.4) is 0 Å². The van der Waals surface area contributed by atoms with Crippen molar-refractivity contribution in [2.45, 2.75) is 13.8 Å². The molecule has 0 fully saturated rings. The van der Waals surface area contributed by atoms with E-state index in [2.05, 4.69) is 25.7 Å². The molecule has 2 N–H and O–H groups in total. The summed E-state index contributed by atoms with van der Waals surface area (Å²) in [4.78, 5) is 20.6. The van der Waals surface area contributed by atoms with Crippen molar-refractivity contribution in [1.82, 2.24) is 25.1 Å². The lowest BCUT2D eigenvalue weighted by Gasteiger charge is -2.09. The SMILES string of the molecule is Cc1cc(C)c2c(OCC(=O)NCCNc3ncc(Cl)cc3Cl)nn(C)c2n1. The molecule has 0 atom stereocenters. The molecule has 3 aromatic heterocycles. The van der Waals surface area contributed by atoms with Crippen LogP contribution in [0.15, 0.2) is 18.3 Å². The van der Waals surface area contributed by atoms with Gasteiger partial charge in [-0.3, -0.25) is 4.79 Å². The number of amides is 1. The maximum Gasteiger partial charge on any atom is 0.258 e. The standard InChI is InChI=1S/C18H20Cl2N6O2/c1-10-6-11(2)24-17-15(10)18(25-26(17)3)28-9-14(27)21-4-5-22-16-13(20)7-12(19)8-23-16/h6-8H,4-5,9H2,1-3H3,(H,21,27)(H,22,23). The fourth-order valence-corrected chi connectivity index (χ4v) is 3.21. The minimum absolute atomic E-state index is 0.140. The molecule has 0 aliphatic rings. The average molecular weight is 423 g/mol. The summed E-state index contributed by atoms with van der Waals surface area (Å²) in [6, 6.07) is 3.55. The molecular formula is C18H20Cl2N6O2. The van der Waals surface area contributed by atoms with Gasteiger partial charge < -0.3 is 15.4 Å². The molecule has 28 heavy (non-hydrogen) atoms. The van der Waals surface area contributed by atoms with Gasteiger partial charge in [0.15, 0.2) is 12.3 Å². The largest absolute Gasteiger partial charge is 0.466 e. The number of aromatic nitrogens is 4. The molecule has 0 aliphatic heterocycles. The number of rotatable bonds is 7. The summed E-state index contributed by atoms with van der Waals surface area (Å²) in [5.41, 5.74) is 2.63. The van der Waals surface area contributed by atoms with E-state index in [0.29, 0.717) is 34.8 Å². The van der Waals surface area contributed by atoms with E-state index in [0.717, 1.165) is 22.3 Å². The molecule has 10 heteroatoms.